The Labute approximate surface area is 176 Å². The zero-order valence-electron chi connectivity index (χ0n) is 16.1. The van der Waals surface area contributed by atoms with Crippen LogP contribution in [0.25, 0.3) is 11.2 Å². The van der Waals surface area contributed by atoms with Crippen LogP contribution in [-0.2, 0) is 13.6 Å². The van der Waals surface area contributed by atoms with E-state index >= 15 is 0 Å². The fourth-order valence-corrected chi connectivity index (χ4v) is 4.12. The third-order valence-corrected chi connectivity index (χ3v) is 5.90. The third kappa shape index (κ3) is 3.29. The summed E-state index contributed by atoms with van der Waals surface area (Å²) in [7, 11) is 1.75. The number of hydrogen-bond donors (Lipinski definition) is 1. The highest BCUT2D eigenvalue weighted by atomic mass is 35.5. The Hall–Kier alpha value is -3.04. The first kappa shape index (κ1) is 19.0. The molecule has 154 valence electrons. The summed E-state index contributed by atoms with van der Waals surface area (Å²) in [5.41, 5.74) is 1.43. The van der Waals surface area contributed by atoms with Gasteiger partial charge in [0.2, 0.25) is 5.89 Å². The molecule has 1 N–H and O–H groups in total. The predicted octanol–water partition coefficient (Wildman–Crippen LogP) is 2.44. The lowest BCUT2D eigenvalue weighted by Crippen LogP contribution is -2.28. The van der Waals surface area contributed by atoms with Crippen molar-refractivity contribution in [3.63, 3.8) is 0 Å². The van der Waals surface area contributed by atoms with E-state index in [0.29, 0.717) is 27.9 Å². The maximum atomic E-state index is 12.6. The highest BCUT2D eigenvalue weighted by molar-refractivity contribution is 6.30. The molecule has 0 radical (unpaired) electrons. The molecule has 1 saturated carbocycles. The number of benzene rings is 1. The van der Waals surface area contributed by atoms with Gasteiger partial charge in [-0.15, -0.1) is 0 Å². The summed E-state index contributed by atoms with van der Waals surface area (Å²) in [5, 5.41) is 15.3. The van der Waals surface area contributed by atoms with Gasteiger partial charge in [0.25, 0.3) is 5.56 Å². The normalized spacial score (nSPS) is 19.7. The van der Waals surface area contributed by atoms with Crippen LogP contribution in [0.15, 0.2) is 46.2 Å². The standard InChI is InChI=1S/C20H19ClN6O3/c1-26-9-22-19-16(26)20(29)27(10-23-19)8-15-24-18(25-30-15)13-5-12(6-13)17(28)11-3-2-4-14(21)7-11/h2-4,7,9-10,12-13,17,28H,5-6,8H2,1H3. The van der Waals surface area contributed by atoms with Crippen molar-refractivity contribution in [2.75, 3.05) is 0 Å². The summed E-state index contributed by atoms with van der Waals surface area (Å²) in [6.07, 6.45) is 3.94. The summed E-state index contributed by atoms with van der Waals surface area (Å²) in [6.45, 7) is 0.140. The number of halogens is 1. The van der Waals surface area contributed by atoms with Crippen LogP contribution < -0.4 is 5.56 Å². The molecule has 0 amide bonds. The largest absolute Gasteiger partial charge is 0.388 e. The third-order valence-electron chi connectivity index (χ3n) is 5.67. The van der Waals surface area contributed by atoms with Gasteiger partial charge in [0.05, 0.1) is 12.4 Å². The Morgan fingerprint density at radius 3 is 2.90 bits per heavy atom. The highest BCUT2D eigenvalue weighted by Gasteiger charge is 2.38. The number of aliphatic hydroxyl groups excluding tert-OH is 1. The Morgan fingerprint density at radius 2 is 2.10 bits per heavy atom. The second-order valence-corrected chi connectivity index (χ2v) is 8.12. The minimum atomic E-state index is -0.568. The van der Waals surface area contributed by atoms with Gasteiger partial charge in [-0.1, -0.05) is 28.9 Å². The summed E-state index contributed by atoms with van der Waals surface area (Å²) in [4.78, 5) is 25.4. The van der Waals surface area contributed by atoms with Crippen molar-refractivity contribution < 1.29 is 9.63 Å². The van der Waals surface area contributed by atoms with Crippen LogP contribution in [0.1, 0.15) is 42.1 Å². The number of hydrogen-bond acceptors (Lipinski definition) is 7. The molecular formula is C20H19ClN6O3. The van der Waals surface area contributed by atoms with E-state index in [0.717, 1.165) is 18.4 Å². The van der Waals surface area contributed by atoms with Crippen LogP contribution in [0, 0.1) is 5.92 Å². The Kier molecular flexibility index (Phi) is 4.63. The molecule has 3 heterocycles. The van der Waals surface area contributed by atoms with Gasteiger partial charge in [-0.2, -0.15) is 4.98 Å². The number of nitrogens with zero attached hydrogens (tertiary/aromatic N) is 6. The van der Waals surface area contributed by atoms with E-state index in [1.54, 1.807) is 30.1 Å². The van der Waals surface area contributed by atoms with E-state index < -0.39 is 6.10 Å². The molecule has 1 atom stereocenters. The van der Waals surface area contributed by atoms with Crippen LogP contribution in [0.3, 0.4) is 0 Å². The van der Waals surface area contributed by atoms with E-state index in [-0.39, 0.29) is 23.9 Å². The van der Waals surface area contributed by atoms with Gasteiger partial charge in [0.15, 0.2) is 17.0 Å². The number of imidazole rings is 1. The van der Waals surface area contributed by atoms with Crippen LogP contribution in [0.5, 0.6) is 0 Å². The predicted molar refractivity (Wildman–Crippen MR) is 108 cm³/mol. The SMILES string of the molecule is Cn1cnc2ncn(Cc3nc(C4CC(C(O)c5cccc(Cl)c5)C4)no3)c(=O)c21. The molecule has 1 aromatic carbocycles. The fourth-order valence-electron chi connectivity index (χ4n) is 3.92. The maximum absolute atomic E-state index is 12.6. The summed E-state index contributed by atoms with van der Waals surface area (Å²) in [5.74, 6) is 1.18. The van der Waals surface area contributed by atoms with Gasteiger partial charge in [-0.05, 0) is 36.5 Å². The molecule has 1 aliphatic carbocycles. The summed E-state index contributed by atoms with van der Waals surface area (Å²) >= 11 is 6.02. The van der Waals surface area contributed by atoms with Gasteiger partial charge in [-0.25, -0.2) is 9.97 Å². The lowest BCUT2D eigenvalue weighted by atomic mass is 9.70. The van der Waals surface area contributed by atoms with Crippen molar-refractivity contribution in [3.8, 4) is 0 Å². The topological polar surface area (TPSA) is 112 Å². The van der Waals surface area contributed by atoms with Crippen molar-refractivity contribution >= 4 is 22.8 Å². The molecule has 0 aliphatic heterocycles. The molecule has 10 heteroatoms. The fraction of sp³-hybridized carbons (Fsp3) is 0.350. The first-order valence-corrected chi connectivity index (χ1v) is 10.00. The minimum Gasteiger partial charge on any atom is -0.388 e. The number of fused-ring (bicyclic) bond motifs is 1. The number of rotatable bonds is 5. The average molecular weight is 427 g/mol. The molecule has 1 unspecified atom stereocenters. The zero-order chi connectivity index (χ0) is 20.8. The van der Waals surface area contributed by atoms with E-state index in [4.69, 9.17) is 16.1 Å². The highest BCUT2D eigenvalue weighted by Crippen LogP contribution is 2.46. The Morgan fingerprint density at radius 1 is 1.30 bits per heavy atom. The number of aryl methyl sites for hydroxylation is 1. The van der Waals surface area contributed by atoms with E-state index in [2.05, 4.69) is 20.1 Å². The monoisotopic (exact) mass is 426 g/mol. The van der Waals surface area contributed by atoms with Crippen LogP contribution >= 0.6 is 11.6 Å². The van der Waals surface area contributed by atoms with Gasteiger partial charge in [0, 0.05) is 18.0 Å². The molecule has 3 aromatic heterocycles. The lowest BCUT2D eigenvalue weighted by Gasteiger charge is -2.36. The smallest absolute Gasteiger partial charge is 0.280 e. The maximum Gasteiger partial charge on any atom is 0.280 e. The van der Waals surface area contributed by atoms with E-state index in [9.17, 15) is 9.90 Å². The quantitative estimate of drug-likeness (QED) is 0.521. The van der Waals surface area contributed by atoms with Crippen molar-refractivity contribution in [1.29, 1.82) is 0 Å². The molecule has 0 saturated heterocycles. The molecule has 1 fully saturated rings. The molecule has 30 heavy (non-hydrogen) atoms. The van der Waals surface area contributed by atoms with Gasteiger partial charge in [-0.3, -0.25) is 9.36 Å². The summed E-state index contributed by atoms with van der Waals surface area (Å²) < 4.78 is 8.41. The zero-order valence-corrected chi connectivity index (χ0v) is 16.9. The molecule has 4 aromatic rings. The van der Waals surface area contributed by atoms with E-state index in [1.807, 2.05) is 12.1 Å². The first-order chi connectivity index (χ1) is 14.5. The van der Waals surface area contributed by atoms with Crippen molar-refractivity contribution in [1.82, 2.24) is 29.2 Å². The Bertz CT molecular complexity index is 1270. The van der Waals surface area contributed by atoms with Gasteiger partial charge >= 0.3 is 0 Å². The number of aliphatic hydroxyl groups is 1. The summed E-state index contributed by atoms with van der Waals surface area (Å²) in [6, 6.07) is 7.29. The van der Waals surface area contributed by atoms with E-state index in [1.165, 1.54) is 10.9 Å². The van der Waals surface area contributed by atoms with Crippen LogP contribution in [-0.4, -0.2) is 34.3 Å². The Balaban J connectivity index is 1.26. The second-order valence-electron chi connectivity index (χ2n) is 7.68. The lowest BCUT2D eigenvalue weighted by molar-refractivity contribution is 0.0464. The first-order valence-electron chi connectivity index (χ1n) is 9.62. The van der Waals surface area contributed by atoms with Gasteiger partial charge in [0.1, 0.15) is 12.9 Å². The average Bonchev–Trinajstić information content (AvgIpc) is 3.30. The van der Waals surface area contributed by atoms with Crippen molar-refractivity contribution in [3.05, 3.63) is 69.6 Å². The molecule has 0 bridgehead atoms. The molecule has 9 nitrogen and oxygen atoms in total. The van der Waals surface area contributed by atoms with Crippen molar-refractivity contribution in [2.45, 2.75) is 31.4 Å². The van der Waals surface area contributed by atoms with Crippen molar-refractivity contribution in [2.24, 2.45) is 13.0 Å². The van der Waals surface area contributed by atoms with Crippen LogP contribution in [0.2, 0.25) is 5.02 Å². The molecule has 1 aliphatic rings. The number of aromatic nitrogens is 6. The molecule has 0 spiro atoms. The van der Waals surface area contributed by atoms with Crippen LogP contribution in [0.4, 0.5) is 0 Å². The van der Waals surface area contributed by atoms with Gasteiger partial charge < -0.3 is 14.2 Å². The molecular weight excluding hydrogens is 408 g/mol. The minimum absolute atomic E-state index is 0.120. The second kappa shape index (κ2) is 7.33. The molecule has 5 rings (SSSR count).